The van der Waals surface area contributed by atoms with Gasteiger partial charge in [-0.15, -0.1) is 0 Å². The first-order chi connectivity index (χ1) is 6.72. The molecule has 0 atom stereocenters. The Morgan fingerprint density at radius 3 is 3.00 bits per heavy atom. The van der Waals surface area contributed by atoms with Crippen molar-refractivity contribution in [2.75, 3.05) is 7.05 Å². The van der Waals surface area contributed by atoms with E-state index in [1.54, 1.807) is 6.33 Å². The number of fused-ring (bicyclic) bond motifs is 1. The maximum absolute atomic E-state index is 5.15. The lowest BCUT2D eigenvalue weighted by atomic mass is 10.2. The molecule has 4 heteroatoms. The minimum Gasteiger partial charge on any atom is -0.379 e. The van der Waals surface area contributed by atoms with Gasteiger partial charge >= 0.3 is 0 Å². The molecule has 0 saturated heterocycles. The second-order valence-electron chi connectivity index (χ2n) is 3.14. The molecule has 0 aliphatic rings. The normalized spacial score (nSPS) is 10.4. The Hall–Kier alpha value is -1.42. The first-order valence-corrected chi connectivity index (χ1v) is 4.76. The molecule has 0 aliphatic heterocycles. The third-order valence-corrected chi connectivity index (χ3v) is 2.65. The zero-order valence-electron chi connectivity index (χ0n) is 8.11. The minimum absolute atomic E-state index is 0.748. The van der Waals surface area contributed by atoms with Gasteiger partial charge in [-0.25, -0.2) is 4.98 Å². The maximum atomic E-state index is 5.15. The standard InChI is InChI=1S/C10H11N3S/c1-11-10(14)7-3-4-9-8(5-7)12-6-13(9)2/h3-6H,1-2H3,(H,11,14). The lowest BCUT2D eigenvalue weighted by molar-refractivity contribution is 0.947. The molecule has 0 fully saturated rings. The van der Waals surface area contributed by atoms with E-state index >= 15 is 0 Å². The van der Waals surface area contributed by atoms with E-state index in [4.69, 9.17) is 12.2 Å². The number of benzene rings is 1. The lowest BCUT2D eigenvalue weighted by Gasteiger charge is -2.02. The topological polar surface area (TPSA) is 29.9 Å². The predicted molar refractivity (Wildman–Crippen MR) is 61.5 cm³/mol. The monoisotopic (exact) mass is 205 g/mol. The van der Waals surface area contributed by atoms with E-state index in [1.807, 2.05) is 36.9 Å². The number of hydrogen-bond donors (Lipinski definition) is 1. The Labute approximate surface area is 87.8 Å². The van der Waals surface area contributed by atoms with Crippen molar-refractivity contribution >= 4 is 28.2 Å². The molecular formula is C10H11N3S. The highest BCUT2D eigenvalue weighted by Gasteiger charge is 2.03. The van der Waals surface area contributed by atoms with Gasteiger partial charge in [-0.05, 0) is 18.2 Å². The van der Waals surface area contributed by atoms with E-state index in [0.29, 0.717) is 0 Å². The van der Waals surface area contributed by atoms with Crippen molar-refractivity contribution in [1.82, 2.24) is 14.9 Å². The maximum Gasteiger partial charge on any atom is 0.106 e. The third-order valence-electron chi connectivity index (χ3n) is 2.21. The van der Waals surface area contributed by atoms with Crippen LogP contribution in [0, 0.1) is 0 Å². The molecule has 0 radical (unpaired) electrons. The Morgan fingerprint density at radius 2 is 2.29 bits per heavy atom. The molecule has 0 amide bonds. The SMILES string of the molecule is CNC(=S)c1ccc2c(c1)ncn2C. The number of nitrogens with one attached hydrogen (secondary N) is 1. The highest BCUT2D eigenvalue weighted by molar-refractivity contribution is 7.80. The fraction of sp³-hybridized carbons (Fsp3) is 0.200. The molecule has 14 heavy (non-hydrogen) atoms. The zero-order valence-corrected chi connectivity index (χ0v) is 8.93. The van der Waals surface area contributed by atoms with Gasteiger partial charge in [0, 0.05) is 19.7 Å². The Kier molecular flexibility index (Phi) is 2.21. The summed E-state index contributed by atoms with van der Waals surface area (Å²) in [6.07, 6.45) is 1.80. The van der Waals surface area contributed by atoms with Crippen molar-refractivity contribution in [3.05, 3.63) is 30.1 Å². The van der Waals surface area contributed by atoms with Crippen LogP contribution in [-0.2, 0) is 7.05 Å². The summed E-state index contributed by atoms with van der Waals surface area (Å²) in [7, 11) is 3.80. The molecule has 0 bridgehead atoms. The van der Waals surface area contributed by atoms with E-state index < -0.39 is 0 Å². The molecule has 72 valence electrons. The largest absolute Gasteiger partial charge is 0.379 e. The molecule has 0 aliphatic carbocycles. The third kappa shape index (κ3) is 1.37. The minimum atomic E-state index is 0.748. The van der Waals surface area contributed by atoms with E-state index in [0.717, 1.165) is 21.6 Å². The van der Waals surface area contributed by atoms with Crippen molar-refractivity contribution < 1.29 is 0 Å². The van der Waals surface area contributed by atoms with Crippen molar-refractivity contribution in [3.8, 4) is 0 Å². The first kappa shape index (κ1) is 9.15. The van der Waals surface area contributed by atoms with Gasteiger partial charge < -0.3 is 9.88 Å². The van der Waals surface area contributed by atoms with Gasteiger partial charge in [0.15, 0.2) is 0 Å². The second kappa shape index (κ2) is 3.38. The number of thiocarbonyl (C=S) groups is 1. The molecule has 1 aromatic heterocycles. The molecule has 2 rings (SSSR count). The number of hydrogen-bond acceptors (Lipinski definition) is 2. The van der Waals surface area contributed by atoms with Gasteiger partial charge in [0.1, 0.15) is 4.99 Å². The molecule has 3 nitrogen and oxygen atoms in total. The van der Waals surface area contributed by atoms with Gasteiger partial charge in [-0.1, -0.05) is 12.2 Å². The predicted octanol–water partition coefficient (Wildman–Crippen LogP) is 1.47. The van der Waals surface area contributed by atoms with Gasteiger partial charge in [-0.2, -0.15) is 0 Å². The highest BCUT2D eigenvalue weighted by Crippen LogP contribution is 2.13. The Morgan fingerprint density at radius 1 is 1.50 bits per heavy atom. The average molecular weight is 205 g/mol. The van der Waals surface area contributed by atoms with Crippen LogP contribution in [0.4, 0.5) is 0 Å². The smallest absolute Gasteiger partial charge is 0.106 e. The van der Waals surface area contributed by atoms with Crippen LogP contribution in [0.5, 0.6) is 0 Å². The van der Waals surface area contributed by atoms with Gasteiger partial charge in [0.25, 0.3) is 0 Å². The molecule has 0 spiro atoms. The van der Waals surface area contributed by atoms with Crippen molar-refractivity contribution in [3.63, 3.8) is 0 Å². The van der Waals surface area contributed by atoms with Crippen LogP contribution in [0.25, 0.3) is 11.0 Å². The molecule has 2 aromatic rings. The van der Waals surface area contributed by atoms with Gasteiger partial charge in [0.2, 0.25) is 0 Å². The van der Waals surface area contributed by atoms with Crippen LogP contribution in [0.3, 0.4) is 0 Å². The van der Waals surface area contributed by atoms with Crippen LogP contribution in [0.2, 0.25) is 0 Å². The number of imidazole rings is 1. The zero-order chi connectivity index (χ0) is 10.1. The van der Waals surface area contributed by atoms with Crippen LogP contribution in [-0.4, -0.2) is 21.6 Å². The summed E-state index contributed by atoms with van der Waals surface area (Å²) in [6.45, 7) is 0. The fourth-order valence-corrected chi connectivity index (χ4v) is 1.55. The van der Waals surface area contributed by atoms with E-state index in [2.05, 4.69) is 10.3 Å². The summed E-state index contributed by atoms with van der Waals surface area (Å²) >= 11 is 5.15. The first-order valence-electron chi connectivity index (χ1n) is 4.35. The summed E-state index contributed by atoms with van der Waals surface area (Å²) in [6, 6.07) is 6.03. The number of nitrogens with zero attached hydrogens (tertiary/aromatic N) is 2. The van der Waals surface area contributed by atoms with Crippen LogP contribution >= 0.6 is 12.2 Å². The Bertz CT molecular complexity index is 487. The molecule has 1 heterocycles. The van der Waals surface area contributed by atoms with E-state index in [1.165, 1.54) is 0 Å². The summed E-state index contributed by atoms with van der Waals surface area (Å²) in [5, 5.41) is 2.95. The highest BCUT2D eigenvalue weighted by atomic mass is 32.1. The summed E-state index contributed by atoms with van der Waals surface area (Å²) in [4.78, 5) is 5.02. The van der Waals surface area contributed by atoms with Crippen molar-refractivity contribution in [2.45, 2.75) is 0 Å². The number of aryl methyl sites for hydroxylation is 1. The van der Waals surface area contributed by atoms with Gasteiger partial charge in [0.05, 0.1) is 17.4 Å². The number of aromatic nitrogens is 2. The molecule has 1 aromatic carbocycles. The van der Waals surface area contributed by atoms with Crippen molar-refractivity contribution in [1.29, 1.82) is 0 Å². The molecular weight excluding hydrogens is 194 g/mol. The van der Waals surface area contributed by atoms with E-state index in [-0.39, 0.29) is 0 Å². The average Bonchev–Trinajstić information content (AvgIpc) is 2.59. The summed E-state index contributed by atoms with van der Waals surface area (Å²) in [5.41, 5.74) is 3.10. The Balaban J connectivity index is 2.57. The van der Waals surface area contributed by atoms with Gasteiger partial charge in [-0.3, -0.25) is 0 Å². The molecule has 1 N–H and O–H groups in total. The summed E-state index contributed by atoms with van der Waals surface area (Å²) in [5.74, 6) is 0. The van der Waals surface area contributed by atoms with Crippen LogP contribution in [0.1, 0.15) is 5.56 Å². The van der Waals surface area contributed by atoms with Crippen LogP contribution < -0.4 is 5.32 Å². The van der Waals surface area contributed by atoms with E-state index in [9.17, 15) is 0 Å². The van der Waals surface area contributed by atoms with Crippen molar-refractivity contribution in [2.24, 2.45) is 7.05 Å². The lowest BCUT2D eigenvalue weighted by Crippen LogP contribution is -2.16. The summed E-state index contributed by atoms with van der Waals surface area (Å²) < 4.78 is 1.99. The van der Waals surface area contributed by atoms with Crippen LogP contribution in [0.15, 0.2) is 24.5 Å². The number of rotatable bonds is 1. The quantitative estimate of drug-likeness (QED) is 0.715. The molecule has 0 saturated carbocycles. The molecule has 0 unspecified atom stereocenters. The second-order valence-corrected chi connectivity index (χ2v) is 3.55. The fourth-order valence-electron chi connectivity index (χ4n) is 1.42.